The number of carbonyl (C=O) groups is 1. The van der Waals surface area contributed by atoms with Crippen molar-refractivity contribution in [3.05, 3.63) is 47.0 Å². The summed E-state index contributed by atoms with van der Waals surface area (Å²) in [5.74, 6) is 4.36. The second kappa shape index (κ2) is 9.81. The number of amides is 1. The number of nitrogens with one attached hydrogen (secondary N) is 1. The lowest BCUT2D eigenvalue weighted by atomic mass is 10.1. The molecule has 0 unspecified atom stereocenters. The zero-order valence-electron chi connectivity index (χ0n) is 22.3. The van der Waals surface area contributed by atoms with Crippen LogP contribution >= 0.6 is 0 Å². The Morgan fingerprint density at radius 1 is 1.31 bits per heavy atom. The number of benzene rings is 1. The number of methoxy groups -OCH3 is 1. The van der Waals surface area contributed by atoms with Crippen LogP contribution in [0.2, 0.25) is 0 Å². The van der Waals surface area contributed by atoms with E-state index in [0.29, 0.717) is 36.3 Å². The van der Waals surface area contributed by atoms with Crippen molar-refractivity contribution in [2.24, 2.45) is 0 Å². The van der Waals surface area contributed by atoms with E-state index >= 15 is 4.39 Å². The van der Waals surface area contributed by atoms with Crippen LogP contribution in [-0.2, 0) is 9.47 Å². The SMILES string of the molecule is COC[C@H]1C[C@H](n2nc(C#Cc3c(F)cc4nc(C)[nH]c4c3F)c3c(N)nccc32)CN1C(=O)OC(C)(C)C. The van der Waals surface area contributed by atoms with Crippen LogP contribution in [0, 0.1) is 30.4 Å². The summed E-state index contributed by atoms with van der Waals surface area (Å²) < 4.78 is 42.6. The number of carbonyl (C=O) groups excluding carboxylic acids is 1. The molecule has 1 aliphatic rings. The number of aryl methyl sites for hydroxylation is 1. The molecule has 0 radical (unpaired) electrons. The van der Waals surface area contributed by atoms with Gasteiger partial charge in [-0.05, 0) is 46.1 Å². The average molecular weight is 538 g/mol. The third-order valence-electron chi connectivity index (χ3n) is 6.47. The molecule has 1 fully saturated rings. The summed E-state index contributed by atoms with van der Waals surface area (Å²) in [5, 5.41) is 5.14. The Balaban J connectivity index is 1.55. The summed E-state index contributed by atoms with van der Waals surface area (Å²) in [6, 6.07) is 2.38. The molecule has 1 amide bonds. The first-order valence-corrected chi connectivity index (χ1v) is 12.4. The first-order chi connectivity index (χ1) is 18.5. The molecule has 1 aromatic carbocycles. The van der Waals surface area contributed by atoms with Crippen molar-refractivity contribution in [1.82, 2.24) is 29.6 Å². The van der Waals surface area contributed by atoms with E-state index in [0.717, 1.165) is 6.07 Å². The summed E-state index contributed by atoms with van der Waals surface area (Å²) in [6.07, 6.45) is 1.65. The molecule has 4 heterocycles. The number of nitrogens with two attached hydrogens (primary N) is 1. The lowest BCUT2D eigenvalue weighted by Gasteiger charge is -2.28. The van der Waals surface area contributed by atoms with Gasteiger partial charge >= 0.3 is 6.09 Å². The molecular weight excluding hydrogens is 508 g/mol. The Labute approximate surface area is 223 Å². The van der Waals surface area contributed by atoms with E-state index in [1.165, 1.54) is 0 Å². The number of fused-ring (bicyclic) bond motifs is 2. The van der Waals surface area contributed by atoms with Crippen LogP contribution in [0.1, 0.15) is 50.3 Å². The van der Waals surface area contributed by atoms with Gasteiger partial charge in [0, 0.05) is 25.9 Å². The third kappa shape index (κ3) is 4.97. The van der Waals surface area contributed by atoms with Crippen molar-refractivity contribution >= 4 is 33.8 Å². The summed E-state index contributed by atoms with van der Waals surface area (Å²) in [7, 11) is 1.57. The maximum absolute atomic E-state index is 15.1. The van der Waals surface area contributed by atoms with Gasteiger partial charge in [0.05, 0.1) is 40.7 Å². The summed E-state index contributed by atoms with van der Waals surface area (Å²) in [6.45, 7) is 7.71. The van der Waals surface area contributed by atoms with E-state index in [1.807, 2.05) is 20.8 Å². The molecule has 0 aliphatic carbocycles. The fourth-order valence-corrected chi connectivity index (χ4v) is 4.88. The second-order valence-electron chi connectivity index (χ2n) is 10.5. The van der Waals surface area contributed by atoms with Gasteiger partial charge in [0.2, 0.25) is 0 Å². The van der Waals surface area contributed by atoms with Crippen molar-refractivity contribution in [3.8, 4) is 11.8 Å². The zero-order valence-corrected chi connectivity index (χ0v) is 22.3. The van der Waals surface area contributed by atoms with E-state index in [2.05, 4.69) is 31.9 Å². The summed E-state index contributed by atoms with van der Waals surface area (Å²) in [5.41, 5.74) is 6.24. The van der Waals surface area contributed by atoms with Crippen LogP contribution in [0.15, 0.2) is 18.3 Å². The number of anilines is 1. The molecular formula is C27H29F2N7O3. The molecule has 0 saturated carbocycles. The molecule has 0 spiro atoms. The molecule has 39 heavy (non-hydrogen) atoms. The predicted molar refractivity (Wildman–Crippen MR) is 141 cm³/mol. The standard InChI is InChI=1S/C27H29F2N7O3/c1-14-32-20-11-18(28)17(23(29)24(20)33-14)6-7-19-22-21(8-9-31-25(22)30)36(34-19)15-10-16(13-38-5)35(12-15)26(37)39-27(2,3)4/h8-9,11,15-16H,10,12-13H2,1-5H3,(H2,30,31)(H,32,33)/t15-,16+/m0/s1. The predicted octanol–water partition coefficient (Wildman–Crippen LogP) is 4.07. The largest absolute Gasteiger partial charge is 0.444 e. The quantitative estimate of drug-likeness (QED) is 0.378. The molecule has 3 N–H and O–H groups in total. The molecule has 12 heteroatoms. The minimum atomic E-state index is -0.834. The minimum absolute atomic E-state index is 0.0761. The highest BCUT2D eigenvalue weighted by atomic mass is 19.1. The minimum Gasteiger partial charge on any atom is -0.444 e. The van der Waals surface area contributed by atoms with Gasteiger partial charge in [-0.15, -0.1) is 0 Å². The maximum atomic E-state index is 15.1. The van der Waals surface area contributed by atoms with Crippen molar-refractivity contribution in [2.45, 2.75) is 51.8 Å². The highest BCUT2D eigenvalue weighted by Crippen LogP contribution is 2.33. The monoisotopic (exact) mass is 537 g/mol. The van der Waals surface area contributed by atoms with Gasteiger partial charge in [0.15, 0.2) is 5.82 Å². The maximum Gasteiger partial charge on any atom is 0.410 e. The number of aromatic amines is 1. The zero-order chi connectivity index (χ0) is 28.1. The van der Waals surface area contributed by atoms with Crippen molar-refractivity contribution in [2.75, 3.05) is 26.0 Å². The first kappa shape index (κ1) is 26.4. The van der Waals surface area contributed by atoms with Crippen LogP contribution in [-0.4, -0.2) is 67.6 Å². The van der Waals surface area contributed by atoms with Crippen LogP contribution in [0.4, 0.5) is 19.4 Å². The molecule has 1 aliphatic heterocycles. The van der Waals surface area contributed by atoms with Gasteiger partial charge in [-0.2, -0.15) is 5.10 Å². The normalized spacial score (nSPS) is 17.6. The average Bonchev–Trinajstić information content (AvgIpc) is 3.53. The number of rotatable bonds is 3. The Kier molecular flexibility index (Phi) is 6.64. The van der Waals surface area contributed by atoms with E-state index in [1.54, 1.807) is 35.9 Å². The Bertz CT molecular complexity index is 1640. The molecule has 204 valence electrons. The van der Waals surface area contributed by atoms with Gasteiger partial charge in [-0.25, -0.2) is 23.5 Å². The third-order valence-corrected chi connectivity index (χ3v) is 6.47. The second-order valence-corrected chi connectivity index (χ2v) is 10.5. The number of nitrogens with zero attached hydrogens (tertiary/aromatic N) is 5. The van der Waals surface area contributed by atoms with Crippen LogP contribution in [0.3, 0.4) is 0 Å². The number of pyridine rings is 1. The van der Waals surface area contributed by atoms with Crippen LogP contribution in [0.25, 0.3) is 21.9 Å². The fourth-order valence-electron chi connectivity index (χ4n) is 4.88. The highest BCUT2D eigenvalue weighted by molar-refractivity contribution is 5.93. The first-order valence-electron chi connectivity index (χ1n) is 12.4. The number of hydrogen-bond acceptors (Lipinski definition) is 7. The number of nitrogen functional groups attached to an aromatic ring is 1. The van der Waals surface area contributed by atoms with Crippen molar-refractivity contribution < 1.29 is 23.0 Å². The topological polar surface area (TPSA) is 124 Å². The van der Waals surface area contributed by atoms with Crippen molar-refractivity contribution in [3.63, 3.8) is 0 Å². The number of aromatic nitrogens is 5. The van der Waals surface area contributed by atoms with E-state index < -0.39 is 28.9 Å². The number of hydrogen-bond donors (Lipinski definition) is 2. The Morgan fingerprint density at radius 3 is 2.79 bits per heavy atom. The molecule has 3 aromatic heterocycles. The lowest BCUT2D eigenvalue weighted by molar-refractivity contribution is 0.0145. The number of halogens is 2. The molecule has 10 nitrogen and oxygen atoms in total. The van der Waals surface area contributed by atoms with Gasteiger partial charge in [-0.3, -0.25) is 4.68 Å². The molecule has 4 aromatic rings. The van der Waals surface area contributed by atoms with Gasteiger partial charge in [0.1, 0.15) is 34.3 Å². The Hall–Kier alpha value is -4.24. The van der Waals surface area contributed by atoms with E-state index in [4.69, 9.17) is 15.2 Å². The number of H-pyrrole nitrogens is 1. The molecule has 2 atom stereocenters. The summed E-state index contributed by atoms with van der Waals surface area (Å²) in [4.78, 5) is 25.6. The van der Waals surface area contributed by atoms with Gasteiger partial charge in [-0.1, -0.05) is 5.92 Å². The molecule has 1 saturated heterocycles. The number of ether oxygens (including phenoxy) is 2. The molecule has 0 bridgehead atoms. The van der Waals surface area contributed by atoms with E-state index in [9.17, 15) is 9.18 Å². The number of imidazole rings is 1. The number of likely N-dealkylation sites (tertiary alicyclic amines) is 1. The molecule has 5 rings (SSSR count). The van der Waals surface area contributed by atoms with Gasteiger partial charge < -0.3 is 25.1 Å². The van der Waals surface area contributed by atoms with Crippen molar-refractivity contribution in [1.29, 1.82) is 0 Å². The lowest BCUT2D eigenvalue weighted by Crippen LogP contribution is -2.41. The highest BCUT2D eigenvalue weighted by Gasteiger charge is 2.39. The van der Waals surface area contributed by atoms with Crippen LogP contribution < -0.4 is 5.73 Å². The smallest absolute Gasteiger partial charge is 0.410 e. The Morgan fingerprint density at radius 2 is 2.08 bits per heavy atom. The fraction of sp³-hybridized carbons (Fsp3) is 0.407. The van der Waals surface area contributed by atoms with Gasteiger partial charge in [0.25, 0.3) is 0 Å². The summed E-state index contributed by atoms with van der Waals surface area (Å²) >= 11 is 0. The van der Waals surface area contributed by atoms with Crippen LogP contribution in [0.5, 0.6) is 0 Å². The van der Waals surface area contributed by atoms with E-state index in [-0.39, 0.29) is 34.6 Å².